The molecule has 0 fully saturated rings. The van der Waals surface area contributed by atoms with Gasteiger partial charge < -0.3 is 33.7 Å². The van der Waals surface area contributed by atoms with Gasteiger partial charge in [0, 0.05) is 25.1 Å². The zero-order valence-electron chi connectivity index (χ0n) is 18.3. The molecule has 32 heavy (non-hydrogen) atoms. The average Bonchev–Trinajstić information content (AvgIpc) is 2.81. The van der Waals surface area contributed by atoms with Crippen LogP contribution in [0.5, 0.6) is 11.5 Å². The van der Waals surface area contributed by atoms with Gasteiger partial charge in [-0.3, -0.25) is 0 Å². The first kappa shape index (κ1) is 25.1. The number of fused-ring (bicyclic) bond motifs is 1. The van der Waals surface area contributed by atoms with Gasteiger partial charge in [-0.1, -0.05) is 36.9 Å². The Bertz CT molecular complexity index is 885. The van der Waals surface area contributed by atoms with Crippen molar-refractivity contribution in [2.45, 2.75) is 13.2 Å². The largest absolute Gasteiger partial charge is 0.461 e. The molecule has 1 unspecified atom stereocenters. The van der Waals surface area contributed by atoms with Gasteiger partial charge in [0.2, 0.25) is 0 Å². The summed E-state index contributed by atoms with van der Waals surface area (Å²) in [6.45, 7) is 6.68. The van der Waals surface area contributed by atoms with Crippen LogP contribution in [0, 0.1) is 0 Å². The molecule has 9 nitrogen and oxygen atoms in total. The van der Waals surface area contributed by atoms with Gasteiger partial charge in [-0.25, -0.2) is 9.59 Å². The molecule has 0 saturated heterocycles. The second-order valence-corrected chi connectivity index (χ2v) is 6.45. The van der Waals surface area contributed by atoms with Crippen LogP contribution < -0.4 is 14.8 Å². The molecule has 0 aliphatic rings. The molecule has 0 saturated carbocycles. The van der Waals surface area contributed by atoms with E-state index in [1.807, 2.05) is 30.3 Å². The molecule has 174 valence electrons. The standard InChI is InChI=1S/C23H29NO8/c1-4-21(25)30-16-15-29-14-13-28-12-11-24-23(26)32-22-19-8-6-5-7-18(19)9-10-20(22)31-17(2)27-3/h4-10,17H,1,11-16H2,2-3H3,(H,24,26). The maximum Gasteiger partial charge on any atom is 0.412 e. The summed E-state index contributed by atoms with van der Waals surface area (Å²) >= 11 is 0. The van der Waals surface area contributed by atoms with E-state index in [4.69, 9.17) is 28.4 Å². The number of benzene rings is 2. The third kappa shape index (κ3) is 8.54. The summed E-state index contributed by atoms with van der Waals surface area (Å²) in [5.41, 5.74) is 0. The van der Waals surface area contributed by atoms with Gasteiger partial charge in [-0.2, -0.15) is 0 Å². The van der Waals surface area contributed by atoms with Crippen molar-refractivity contribution in [3.05, 3.63) is 49.1 Å². The molecule has 0 bridgehead atoms. The van der Waals surface area contributed by atoms with Crippen LogP contribution in [-0.4, -0.2) is 65.0 Å². The molecule has 2 rings (SSSR count). The smallest absolute Gasteiger partial charge is 0.412 e. The zero-order valence-corrected chi connectivity index (χ0v) is 18.3. The maximum absolute atomic E-state index is 12.3. The Morgan fingerprint density at radius 2 is 1.75 bits per heavy atom. The van der Waals surface area contributed by atoms with Crippen molar-refractivity contribution in [2.24, 2.45) is 0 Å². The van der Waals surface area contributed by atoms with Crippen molar-refractivity contribution < 1.29 is 38.0 Å². The molecular weight excluding hydrogens is 418 g/mol. The quantitative estimate of drug-likeness (QED) is 0.204. The first-order valence-electron chi connectivity index (χ1n) is 10.2. The van der Waals surface area contributed by atoms with Gasteiger partial charge in [0.15, 0.2) is 17.8 Å². The van der Waals surface area contributed by atoms with E-state index < -0.39 is 18.4 Å². The van der Waals surface area contributed by atoms with Crippen LogP contribution in [0.2, 0.25) is 0 Å². The van der Waals surface area contributed by atoms with Crippen molar-refractivity contribution in [3.63, 3.8) is 0 Å². The molecule has 2 aromatic carbocycles. The van der Waals surface area contributed by atoms with Gasteiger partial charge in [-0.05, 0) is 18.4 Å². The Morgan fingerprint density at radius 1 is 1.03 bits per heavy atom. The molecule has 2 aromatic rings. The number of esters is 1. The molecule has 0 aromatic heterocycles. The highest BCUT2D eigenvalue weighted by atomic mass is 16.7. The van der Waals surface area contributed by atoms with E-state index in [-0.39, 0.29) is 26.4 Å². The number of amides is 1. The molecule has 0 radical (unpaired) electrons. The number of ether oxygens (including phenoxy) is 6. The lowest BCUT2D eigenvalue weighted by Crippen LogP contribution is -2.30. The monoisotopic (exact) mass is 447 g/mol. The van der Waals surface area contributed by atoms with Crippen LogP contribution in [0.3, 0.4) is 0 Å². The van der Waals surface area contributed by atoms with Crippen molar-refractivity contribution in [2.75, 3.05) is 46.7 Å². The van der Waals surface area contributed by atoms with E-state index in [9.17, 15) is 9.59 Å². The number of methoxy groups -OCH3 is 1. The van der Waals surface area contributed by atoms with E-state index in [1.54, 1.807) is 13.0 Å². The minimum Gasteiger partial charge on any atom is -0.461 e. The van der Waals surface area contributed by atoms with Gasteiger partial charge in [0.1, 0.15) is 6.61 Å². The fraction of sp³-hybridized carbons (Fsp3) is 0.391. The fourth-order valence-electron chi connectivity index (χ4n) is 2.58. The van der Waals surface area contributed by atoms with Crippen molar-refractivity contribution >= 4 is 22.8 Å². The summed E-state index contributed by atoms with van der Waals surface area (Å²) in [6.07, 6.45) is -0.0404. The zero-order chi connectivity index (χ0) is 23.2. The molecule has 1 N–H and O–H groups in total. The normalized spacial score (nSPS) is 11.6. The second kappa shape index (κ2) is 14.0. The van der Waals surface area contributed by atoms with Crippen molar-refractivity contribution in [1.29, 1.82) is 0 Å². The van der Waals surface area contributed by atoms with Gasteiger partial charge in [0.05, 0.1) is 26.4 Å². The summed E-state index contributed by atoms with van der Waals surface area (Å²) in [6, 6.07) is 11.2. The van der Waals surface area contributed by atoms with E-state index in [2.05, 4.69) is 11.9 Å². The number of carbonyl (C=O) groups is 2. The van der Waals surface area contributed by atoms with Gasteiger partial charge in [-0.15, -0.1) is 0 Å². The average molecular weight is 447 g/mol. The summed E-state index contributed by atoms with van der Waals surface area (Å²) in [5.74, 6) is 0.231. The third-order valence-corrected chi connectivity index (χ3v) is 4.19. The van der Waals surface area contributed by atoms with Crippen molar-refractivity contribution in [1.82, 2.24) is 5.32 Å². The lowest BCUT2D eigenvalue weighted by molar-refractivity contribution is -0.139. The fourth-order valence-corrected chi connectivity index (χ4v) is 2.58. The molecule has 9 heteroatoms. The minimum atomic E-state index is -0.625. The van der Waals surface area contributed by atoms with Crippen molar-refractivity contribution in [3.8, 4) is 11.5 Å². The third-order valence-electron chi connectivity index (χ3n) is 4.19. The maximum atomic E-state index is 12.3. The Balaban J connectivity index is 1.74. The first-order valence-corrected chi connectivity index (χ1v) is 10.2. The molecule has 1 amide bonds. The van der Waals surface area contributed by atoms with Crippen LogP contribution in [0.4, 0.5) is 4.79 Å². The predicted octanol–water partition coefficient (Wildman–Crippen LogP) is 3.06. The van der Waals surface area contributed by atoms with E-state index in [0.29, 0.717) is 24.7 Å². The molecule has 0 aliphatic carbocycles. The summed E-state index contributed by atoms with van der Waals surface area (Å²) in [4.78, 5) is 23.2. The Kier molecular flexibility index (Phi) is 11.0. The van der Waals surface area contributed by atoms with Gasteiger partial charge in [0.25, 0.3) is 0 Å². The number of rotatable bonds is 14. The van der Waals surface area contributed by atoms with Crippen LogP contribution >= 0.6 is 0 Å². The van der Waals surface area contributed by atoms with Crippen LogP contribution in [0.15, 0.2) is 49.1 Å². The Hall–Kier alpha value is -3.14. The second-order valence-electron chi connectivity index (χ2n) is 6.45. The summed E-state index contributed by atoms with van der Waals surface area (Å²) in [5, 5.41) is 4.30. The van der Waals surface area contributed by atoms with Gasteiger partial charge >= 0.3 is 12.1 Å². The number of hydrogen-bond donors (Lipinski definition) is 1. The van der Waals surface area contributed by atoms with E-state index >= 15 is 0 Å². The van der Waals surface area contributed by atoms with E-state index in [1.165, 1.54) is 7.11 Å². The molecule has 1 atom stereocenters. The van der Waals surface area contributed by atoms with Crippen LogP contribution in [0.25, 0.3) is 10.8 Å². The lowest BCUT2D eigenvalue weighted by atomic mass is 10.1. The topological polar surface area (TPSA) is 102 Å². The Morgan fingerprint density at radius 3 is 2.50 bits per heavy atom. The van der Waals surface area contributed by atoms with E-state index in [0.717, 1.165) is 16.8 Å². The molecule has 0 spiro atoms. The van der Waals surface area contributed by atoms with Crippen LogP contribution in [0.1, 0.15) is 6.92 Å². The molecular formula is C23H29NO8. The molecule has 0 heterocycles. The minimum absolute atomic E-state index is 0.154. The highest BCUT2D eigenvalue weighted by Gasteiger charge is 2.16. The highest BCUT2D eigenvalue weighted by molar-refractivity contribution is 5.92. The lowest BCUT2D eigenvalue weighted by Gasteiger charge is -2.17. The number of hydrogen-bond acceptors (Lipinski definition) is 8. The highest BCUT2D eigenvalue weighted by Crippen LogP contribution is 2.36. The molecule has 0 aliphatic heterocycles. The Labute approximate surface area is 187 Å². The van der Waals surface area contributed by atoms with Crippen LogP contribution in [-0.2, 0) is 23.7 Å². The summed E-state index contributed by atoms with van der Waals surface area (Å²) in [7, 11) is 1.53. The first-order chi connectivity index (χ1) is 15.5. The summed E-state index contributed by atoms with van der Waals surface area (Å²) < 4.78 is 31.8. The SMILES string of the molecule is C=CC(=O)OCCOCCOCCNC(=O)Oc1c(OC(C)OC)ccc2ccccc12. The predicted molar refractivity (Wildman–Crippen MR) is 118 cm³/mol. The number of nitrogens with one attached hydrogen (secondary N) is 1. The number of carbonyl (C=O) groups excluding carboxylic acids is 2.